The number of piperidine rings is 1. The van der Waals surface area contributed by atoms with Crippen molar-refractivity contribution in [3.63, 3.8) is 0 Å². The fourth-order valence-corrected chi connectivity index (χ4v) is 4.10. The van der Waals surface area contributed by atoms with E-state index in [-0.39, 0.29) is 11.8 Å². The minimum atomic E-state index is -0.610. The van der Waals surface area contributed by atoms with Crippen LogP contribution >= 0.6 is 11.6 Å². The number of para-hydroxylation sites is 1. The minimum absolute atomic E-state index is 0.137. The lowest BCUT2D eigenvalue weighted by Gasteiger charge is -2.32. The molecule has 4 rings (SSSR count). The fraction of sp³-hybridized carbons (Fsp3) is 0.192. The zero-order valence-corrected chi connectivity index (χ0v) is 19.4. The highest BCUT2D eigenvalue weighted by atomic mass is 35.5. The van der Waals surface area contributed by atoms with Gasteiger partial charge in [-0.3, -0.25) is 9.59 Å². The Morgan fingerprint density at radius 2 is 1.65 bits per heavy atom. The van der Waals surface area contributed by atoms with E-state index in [9.17, 15) is 14.4 Å². The molecule has 8 heteroatoms. The van der Waals surface area contributed by atoms with Crippen LogP contribution in [0, 0.1) is 0 Å². The van der Waals surface area contributed by atoms with Crippen LogP contribution in [0.5, 0.6) is 0 Å². The summed E-state index contributed by atoms with van der Waals surface area (Å²) in [6, 6.07) is 20.9. The van der Waals surface area contributed by atoms with Gasteiger partial charge in [0.25, 0.3) is 0 Å². The van der Waals surface area contributed by atoms with Crippen molar-refractivity contribution < 1.29 is 14.4 Å². The maximum atomic E-state index is 13.1. The minimum Gasteiger partial charge on any atom is -0.326 e. The molecule has 3 aromatic rings. The molecule has 0 aromatic heterocycles. The maximum Gasteiger partial charge on any atom is 0.319 e. The molecule has 1 atom stereocenters. The molecule has 0 aliphatic carbocycles. The lowest BCUT2D eigenvalue weighted by atomic mass is 10.0. The fourth-order valence-electron chi connectivity index (χ4n) is 3.98. The Morgan fingerprint density at radius 1 is 0.941 bits per heavy atom. The van der Waals surface area contributed by atoms with E-state index >= 15 is 0 Å². The molecule has 0 spiro atoms. The third-order valence-electron chi connectivity index (χ3n) is 5.57. The van der Waals surface area contributed by atoms with Crippen LogP contribution in [0.25, 0.3) is 11.1 Å². The van der Waals surface area contributed by atoms with E-state index in [0.29, 0.717) is 23.7 Å². The van der Waals surface area contributed by atoms with Crippen molar-refractivity contribution in [1.82, 2.24) is 5.32 Å². The van der Waals surface area contributed by atoms with Crippen molar-refractivity contribution in [2.45, 2.75) is 25.8 Å². The summed E-state index contributed by atoms with van der Waals surface area (Å²) in [7, 11) is 0. The Hall–Kier alpha value is -3.84. The van der Waals surface area contributed by atoms with Crippen LogP contribution in [0.2, 0.25) is 5.02 Å². The Balaban J connectivity index is 1.44. The third-order valence-corrected chi connectivity index (χ3v) is 5.83. The SMILES string of the molecule is CC(=O)Nc1ccccc1-c1ccc(N2CCC[C@@H](NC(=O)Nc3ccc(Cl)cc3)C2=O)cc1. The molecule has 1 fully saturated rings. The molecule has 174 valence electrons. The van der Waals surface area contributed by atoms with Gasteiger partial charge in [-0.1, -0.05) is 41.9 Å². The molecule has 7 nitrogen and oxygen atoms in total. The summed E-state index contributed by atoms with van der Waals surface area (Å²) in [5, 5.41) is 8.93. The summed E-state index contributed by atoms with van der Waals surface area (Å²) in [6.45, 7) is 2.06. The Kier molecular flexibility index (Phi) is 7.13. The summed E-state index contributed by atoms with van der Waals surface area (Å²) >= 11 is 5.87. The van der Waals surface area contributed by atoms with Crippen LogP contribution in [0.1, 0.15) is 19.8 Å². The predicted molar refractivity (Wildman–Crippen MR) is 135 cm³/mol. The van der Waals surface area contributed by atoms with E-state index in [1.165, 1.54) is 6.92 Å². The van der Waals surface area contributed by atoms with Gasteiger partial charge in [0, 0.05) is 41.1 Å². The molecule has 1 heterocycles. The second-order valence-electron chi connectivity index (χ2n) is 8.06. The third kappa shape index (κ3) is 5.55. The number of carbonyl (C=O) groups is 3. The molecule has 1 aliphatic heterocycles. The summed E-state index contributed by atoms with van der Waals surface area (Å²) in [4.78, 5) is 38.7. The van der Waals surface area contributed by atoms with Crippen LogP contribution in [-0.2, 0) is 9.59 Å². The number of hydrogen-bond acceptors (Lipinski definition) is 3. The lowest BCUT2D eigenvalue weighted by Crippen LogP contribution is -2.53. The highest BCUT2D eigenvalue weighted by molar-refractivity contribution is 6.30. The van der Waals surface area contributed by atoms with Gasteiger partial charge in [0.05, 0.1) is 0 Å². The standard InChI is InChI=1S/C26H25ClN4O3/c1-17(32)28-23-6-3-2-5-22(23)18-8-14-21(15-9-18)31-16-4-7-24(25(31)33)30-26(34)29-20-12-10-19(27)11-13-20/h2-3,5-6,8-15,24H,4,7,16H2,1H3,(H,28,32)(H2,29,30,34)/t24-/m1/s1. The maximum absolute atomic E-state index is 13.1. The van der Waals surface area contributed by atoms with Crippen LogP contribution in [-0.4, -0.2) is 30.4 Å². The molecule has 0 unspecified atom stereocenters. The Bertz CT molecular complexity index is 1200. The normalized spacial score (nSPS) is 15.5. The molecule has 3 N–H and O–H groups in total. The second kappa shape index (κ2) is 10.4. The van der Waals surface area contributed by atoms with Crippen LogP contribution in [0.3, 0.4) is 0 Å². The number of hydrogen-bond donors (Lipinski definition) is 3. The first-order valence-corrected chi connectivity index (χ1v) is 11.4. The molecule has 0 radical (unpaired) electrons. The van der Waals surface area contributed by atoms with Crippen molar-refractivity contribution in [3.05, 3.63) is 77.8 Å². The largest absolute Gasteiger partial charge is 0.326 e. The predicted octanol–water partition coefficient (Wildman–Crippen LogP) is 5.28. The first kappa shape index (κ1) is 23.3. The highest BCUT2D eigenvalue weighted by Gasteiger charge is 2.30. The van der Waals surface area contributed by atoms with E-state index in [1.807, 2.05) is 48.5 Å². The molecule has 3 aromatic carbocycles. The number of benzene rings is 3. The van der Waals surface area contributed by atoms with Gasteiger partial charge < -0.3 is 20.9 Å². The van der Waals surface area contributed by atoms with Crippen molar-refractivity contribution in [3.8, 4) is 11.1 Å². The number of rotatable bonds is 5. The monoisotopic (exact) mass is 476 g/mol. The molecule has 0 bridgehead atoms. The number of anilines is 3. The van der Waals surface area contributed by atoms with Gasteiger partial charge in [0.1, 0.15) is 6.04 Å². The van der Waals surface area contributed by atoms with E-state index in [1.54, 1.807) is 29.2 Å². The second-order valence-corrected chi connectivity index (χ2v) is 8.50. The Labute approximate surface area is 203 Å². The van der Waals surface area contributed by atoms with Gasteiger partial charge in [-0.2, -0.15) is 0 Å². The average Bonchev–Trinajstić information content (AvgIpc) is 2.82. The quantitative estimate of drug-likeness (QED) is 0.467. The molecular weight excluding hydrogens is 452 g/mol. The first-order valence-electron chi connectivity index (χ1n) is 11.0. The van der Waals surface area contributed by atoms with Crippen molar-refractivity contribution in [2.75, 3.05) is 22.1 Å². The smallest absolute Gasteiger partial charge is 0.319 e. The number of urea groups is 1. The van der Waals surface area contributed by atoms with Gasteiger partial charge in [0.2, 0.25) is 11.8 Å². The number of nitrogens with one attached hydrogen (secondary N) is 3. The number of amides is 4. The molecule has 1 saturated heterocycles. The first-order chi connectivity index (χ1) is 16.4. The number of halogens is 1. The zero-order valence-electron chi connectivity index (χ0n) is 18.7. The number of nitrogens with zero attached hydrogens (tertiary/aromatic N) is 1. The molecule has 34 heavy (non-hydrogen) atoms. The summed E-state index contributed by atoms with van der Waals surface area (Å²) in [6.07, 6.45) is 1.34. The lowest BCUT2D eigenvalue weighted by molar-refractivity contribution is -0.121. The molecular formula is C26H25ClN4O3. The summed E-state index contributed by atoms with van der Waals surface area (Å²) in [5.74, 6) is -0.287. The van der Waals surface area contributed by atoms with Crippen molar-refractivity contribution in [2.24, 2.45) is 0 Å². The van der Waals surface area contributed by atoms with E-state index in [4.69, 9.17) is 11.6 Å². The topological polar surface area (TPSA) is 90.5 Å². The van der Waals surface area contributed by atoms with E-state index in [2.05, 4.69) is 16.0 Å². The van der Waals surface area contributed by atoms with Crippen molar-refractivity contribution >= 4 is 46.5 Å². The van der Waals surface area contributed by atoms with E-state index < -0.39 is 12.1 Å². The zero-order chi connectivity index (χ0) is 24.1. The number of carbonyl (C=O) groups excluding carboxylic acids is 3. The van der Waals surface area contributed by atoms with Gasteiger partial charge in [-0.25, -0.2) is 4.79 Å². The van der Waals surface area contributed by atoms with Gasteiger partial charge in [-0.05, 0) is 60.9 Å². The average molecular weight is 477 g/mol. The molecule has 4 amide bonds. The highest BCUT2D eigenvalue weighted by Crippen LogP contribution is 2.30. The Morgan fingerprint density at radius 3 is 2.35 bits per heavy atom. The van der Waals surface area contributed by atoms with Crippen molar-refractivity contribution in [1.29, 1.82) is 0 Å². The van der Waals surface area contributed by atoms with Crippen LogP contribution in [0.4, 0.5) is 21.9 Å². The van der Waals surface area contributed by atoms with Crippen LogP contribution in [0.15, 0.2) is 72.8 Å². The molecule has 1 aliphatic rings. The van der Waals surface area contributed by atoms with Gasteiger partial charge >= 0.3 is 6.03 Å². The van der Waals surface area contributed by atoms with E-state index in [0.717, 1.165) is 28.9 Å². The van der Waals surface area contributed by atoms with Gasteiger partial charge in [-0.15, -0.1) is 0 Å². The molecule has 0 saturated carbocycles. The summed E-state index contributed by atoms with van der Waals surface area (Å²) in [5.41, 5.74) is 3.91. The van der Waals surface area contributed by atoms with Crippen LogP contribution < -0.4 is 20.9 Å². The summed E-state index contributed by atoms with van der Waals surface area (Å²) < 4.78 is 0. The van der Waals surface area contributed by atoms with Gasteiger partial charge in [0.15, 0.2) is 0 Å².